The third kappa shape index (κ3) is 4.79. The van der Waals surface area contributed by atoms with E-state index in [2.05, 4.69) is 15.0 Å². The Balaban J connectivity index is 1.92. The Morgan fingerprint density at radius 1 is 1.26 bits per heavy atom. The molecule has 10 nitrogen and oxygen atoms in total. The summed E-state index contributed by atoms with van der Waals surface area (Å²) in [6.45, 7) is -0.223. The second-order valence-corrected chi connectivity index (χ2v) is 9.49. The molecule has 0 spiro atoms. The number of carbonyl (C=O) groups excluding carboxylic acids is 1. The molecule has 0 atom stereocenters. The number of nitrogens with one attached hydrogen (secondary N) is 1. The predicted octanol–water partition coefficient (Wildman–Crippen LogP) is 2.15. The Morgan fingerprint density at radius 2 is 2.03 bits per heavy atom. The summed E-state index contributed by atoms with van der Waals surface area (Å²) in [5.74, 6) is -0.791. The second-order valence-electron chi connectivity index (χ2n) is 7.77. The van der Waals surface area contributed by atoms with Crippen LogP contribution < -0.4 is 15.2 Å². The van der Waals surface area contributed by atoms with Crippen LogP contribution in [0.15, 0.2) is 47.1 Å². The number of halogens is 1. The molecule has 2 aromatic carbocycles. The van der Waals surface area contributed by atoms with Gasteiger partial charge in [0.05, 0.1) is 36.7 Å². The molecule has 1 aliphatic rings. The van der Waals surface area contributed by atoms with Crippen LogP contribution in [0.1, 0.15) is 23.2 Å². The first-order valence-corrected chi connectivity index (χ1v) is 12.0. The lowest BCUT2D eigenvalue weighted by atomic mass is 10.00. The zero-order chi connectivity index (χ0) is 24.5. The van der Waals surface area contributed by atoms with Crippen LogP contribution in [0.4, 0.5) is 4.39 Å². The molecule has 12 heteroatoms. The van der Waals surface area contributed by atoms with Crippen molar-refractivity contribution in [1.82, 2.24) is 19.7 Å². The number of benzene rings is 2. The van der Waals surface area contributed by atoms with Gasteiger partial charge >= 0.3 is 5.97 Å². The van der Waals surface area contributed by atoms with Crippen molar-refractivity contribution < 1.29 is 27.1 Å². The highest BCUT2D eigenvalue weighted by Gasteiger charge is 2.29. The average Bonchev–Trinajstić information content (AvgIpc) is 3.54. The number of fused-ring (bicyclic) bond motifs is 1. The first kappa shape index (κ1) is 23.8. The summed E-state index contributed by atoms with van der Waals surface area (Å²) in [5, 5.41) is 8.20. The fourth-order valence-electron chi connectivity index (χ4n) is 3.51. The lowest BCUT2D eigenvalue weighted by Crippen LogP contribution is -2.25. The highest BCUT2D eigenvalue weighted by Crippen LogP contribution is 2.37. The van der Waals surface area contributed by atoms with E-state index < -0.39 is 21.8 Å². The smallest absolute Gasteiger partial charge is 0.337 e. The van der Waals surface area contributed by atoms with Crippen LogP contribution in [0.5, 0.6) is 5.75 Å². The van der Waals surface area contributed by atoms with Gasteiger partial charge in [-0.3, -0.25) is 0 Å². The monoisotopic (exact) mass is 489 g/mol. The fraction of sp³-hybridized carbons (Fsp3) is 0.318. The number of hydrogen-bond acceptors (Lipinski definition) is 8. The number of aromatic nitrogens is 3. The van der Waals surface area contributed by atoms with Crippen LogP contribution in [-0.4, -0.2) is 56.2 Å². The maximum atomic E-state index is 14.2. The molecular weight excluding hydrogens is 465 g/mol. The molecule has 0 unspecified atom stereocenters. The molecule has 1 aromatic heterocycles. The van der Waals surface area contributed by atoms with E-state index in [4.69, 9.17) is 15.2 Å². The normalized spacial score (nSPS) is 14.4. The molecule has 34 heavy (non-hydrogen) atoms. The van der Waals surface area contributed by atoms with Crippen molar-refractivity contribution in [3.63, 3.8) is 0 Å². The van der Waals surface area contributed by atoms with E-state index in [0.717, 1.165) is 12.8 Å². The van der Waals surface area contributed by atoms with Gasteiger partial charge in [0.2, 0.25) is 10.0 Å². The van der Waals surface area contributed by atoms with Gasteiger partial charge in [-0.1, -0.05) is 5.21 Å². The summed E-state index contributed by atoms with van der Waals surface area (Å²) < 4.78 is 54.1. The summed E-state index contributed by atoms with van der Waals surface area (Å²) >= 11 is 0. The van der Waals surface area contributed by atoms with Gasteiger partial charge < -0.3 is 15.2 Å². The maximum absolute atomic E-state index is 14.2. The highest BCUT2D eigenvalue weighted by atomic mass is 32.2. The summed E-state index contributed by atoms with van der Waals surface area (Å²) in [6, 6.07) is 7.36. The summed E-state index contributed by atoms with van der Waals surface area (Å²) in [6.07, 6.45) is 2.80. The second kappa shape index (κ2) is 9.49. The van der Waals surface area contributed by atoms with Gasteiger partial charge in [0.1, 0.15) is 17.1 Å². The van der Waals surface area contributed by atoms with Gasteiger partial charge in [-0.15, -0.1) is 5.10 Å². The maximum Gasteiger partial charge on any atom is 0.337 e. The van der Waals surface area contributed by atoms with Crippen LogP contribution in [0.25, 0.3) is 22.2 Å². The zero-order valence-electron chi connectivity index (χ0n) is 18.6. The molecule has 3 N–H and O–H groups in total. The topological polar surface area (TPSA) is 138 Å². The van der Waals surface area contributed by atoms with Gasteiger partial charge in [0, 0.05) is 23.7 Å². The number of rotatable bonds is 9. The Hall–Kier alpha value is -3.35. The van der Waals surface area contributed by atoms with Crippen molar-refractivity contribution in [3.8, 4) is 16.9 Å². The molecular formula is C22H24FN5O5S. The summed E-state index contributed by atoms with van der Waals surface area (Å²) in [4.78, 5) is 12.4. The number of carbonyl (C=O) groups is 1. The van der Waals surface area contributed by atoms with Gasteiger partial charge in [-0.25, -0.2) is 27.0 Å². The van der Waals surface area contributed by atoms with Crippen molar-refractivity contribution in [3.05, 3.63) is 47.8 Å². The Morgan fingerprint density at radius 3 is 2.68 bits per heavy atom. The molecule has 3 aromatic rings. The van der Waals surface area contributed by atoms with Crippen LogP contribution in [0.3, 0.4) is 0 Å². The SMILES string of the molecule is COC(=O)c1cc(-c2cc(S(=O)(=O)NC3CC3)ccc2OC)c2nnn(C/C(F)=C/CN)c2c1. The van der Waals surface area contributed by atoms with Crippen LogP contribution >= 0.6 is 0 Å². The van der Waals surface area contributed by atoms with Crippen molar-refractivity contribution in [2.45, 2.75) is 30.3 Å². The Kier molecular flexibility index (Phi) is 6.64. The number of nitrogens with two attached hydrogens (primary N) is 1. The van der Waals surface area contributed by atoms with Gasteiger partial charge in [-0.05, 0) is 49.2 Å². The minimum absolute atomic E-state index is 0.0183. The quantitative estimate of drug-likeness (QED) is 0.436. The first-order valence-electron chi connectivity index (χ1n) is 10.5. The number of allylic oxidation sites excluding steroid dienone is 1. The lowest BCUT2D eigenvalue weighted by molar-refractivity contribution is 0.0601. The van der Waals surface area contributed by atoms with Crippen LogP contribution in [-0.2, 0) is 21.3 Å². The number of nitrogens with zero attached hydrogens (tertiary/aromatic N) is 3. The van der Waals surface area contributed by atoms with Crippen molar-refractivity contribution in [2.75, 3.05) is 20.8 Å². The van der Waals surface area contributed by atoms with E-state index in [1.54, 1.807) is 0 Å². The molecule has 180 valence electrons. The predicted molar refractivity (Wildman–Crippen MR) is 122 cm³/mol. The van der Waals surface area contributed by atoms with Crippen molar-refractivity contribution in [1.29, 1.82) is 0 Å². The number of ether oxygens (including phenoxy) is 2. The molecule has 4 rings (SSSR count). The molecule has 1 aliphatic carbocycles. The molecule has 0 bridgehead atoms. The third-order valence-corrected chi connectivity index (χ3v) is 6.87. The number of sulfonamides is 1. The van der Waals surface area contributed by atoms with E-state index in [9.17, 15) is 17.6 Å². The van der Waals surface area contributed by atoms with E-state index >= 15 is 0 Å². The van der Waals surface area contributed by atoms with E-state index in [1.807, 2.05) is 0 Å². The summed E-state index contributed by atoms with van der Waals surface area (Å²) in [5.41, 5.74) is 6.97. The van der Waals surface area contributed by atoms with Crippen molar-refractivity contribution >= 4 is 27.0 Å². The highest BCUT2D eigenvalue weighted by molar-refractivity contribution is 7.89. The average molecular weight is 490 g/mol. The largest absolute Gasteiger partial charge is 0.496 e. The number of methoxy groups -OCH3 is 2. The third-order valence-electron chi connectivity index (χ3n) is 5.35. The number of hydrogen-bond donors (Lipinski definition) is 2. The van der Waals surface area contributed by atoms with Crippen LogP contribution in [0.2, 0.25) is 0 Å². The zero-order valence-corrected chi connectivity index (χ0v) is 19.4. The molecule has 1 heterocycles. The van der Waals surface area contributed by atoms with E-state index in [-0.39, 0.29) is 29.6 Å². The van der Waals surface area contributed by atoms with Crippen LogP contribution in [0, 0.1) is 0 Å². The molecule has 0 saturated heterocycles. The molecule has 0 aliphatic heterocycles. The molecule has 0 amide bonds. The number of esters is 1. The van der Waals surface area contributed by atoms with Crippen molar-refractivity contribution in [2.24, 2.45) is 5.73 Å². The fourth-order valence-corrected chi connectivity index (χ4v) is 4.85. The summed E-state index contributed by atoms with van der Waals surface area (Å²) in [7, 11) is -1.08. The Labute approximate surface area is 195 Å². The van der Waals surface area contributed by atoms with Gasteiger partial charge in [0.25, 0.3) is 0 Å². The molecule has 1 saturated carbocycles. The molecule has 1 fully saturated rings. The first-order chi connectivity index (χ1) is 16.3. The minimum atomic E-state index is -3.76. The van der Waals surface area contributed by atoms with E-state index in [1.165, 1.54) is 55.3 Å². The lowest BCUT2D eigenvalue weighted by Gasteiger charge is -2.13. The van der Waals surface area contributed by atoms with Gasteiger partial charge in [0.15, 0.2) is 0 Å². The Bertz CT molecular complexity index is 1380. The van der Waals surface area contributed by atoms with E-state index in [0.29, 0.717) is 27.9 Å². The standard InChI is InChI=1S/C22H24FN5O5S/c1-32-20-6-5-16(34(30,31)26-15-3-4-15)11-17(20)18-9-13(22(29)33-2)10-19-21(18)25-27-28(19)12-14(23)7-8-24/h5-7,9-11,15,26H,3-4,8,12,24H2,1-2H3/b14-7-. The minimum Gasteiger partial charge on any atom is -0.496 e. The van der Waals surface area contributed by atoms with Gasteiger partial charge in [-0.2, -0.15) is 0 Å². The molecule has 0 radical (unpaired) electrons.